The molecule has 1 rings (SSSR count). The summed E-state index contributed by atoms with van der Waals surface area (Å²) in [6, 6.07) is -0.175. The van der Waals surface area contributed by atoms with Crippen LogP contribution in [0.4, 0.5) is 0 Å². The molecule has 1 saturated heterocycles. The first kappa shape index (κ1) is 7.50. The topological polar surface area (TPSA) is 58.6 Å². The third-order valence-electron chi connectivity index (χ3n) is 1.57. The van der Waals surface area contributed by atoms with Crippen LogP contribution in [-0.4, -0.2) is 36.9 Å². The number of aliphatic hydroxyl groups excluding tert-OH is 1. The van der Waals surface area contributed by atoms with E-state index in [1.807, 2.05) is 0 Å². The molecule has 4 nitrogen and oxygen atoms in total. The van der Waals surface area contributed by atoms with Gasteiger partial charge in [-0.1, -0.05) is 0 Å². The van der Waals surface area contributed by atoms with Crippen molar-refractivity contribution in [1.29, 1.82) is 0 Å². The summed E-state index contributed by atoms with van der Waals surface area (Å²) in [5.41, 5.74) is 0. The van der Waals surface area contributed by atoms with Gasteiger partial charge in [0.15, 0.2) is 0 Å². The van der Waals surface area contributed by atoms with E-state index < -0.39 is 6.10 Å². The second-order valence-electron chi connectivity index (χ2n) is 2.28. The van der Waals surface area contributed by atoms with E-state index in [0.29, 0.717) is 19.6 Å². The Morgan fingerprint density at radius 1 is 1.70 bits per heavy atom. The summed E-state index contributed by atoms with van der Waals surface area (Å²) in [5.74, 6) is 0. The molecule has 0 aromatic heterocycles. The van der Waals surface area contributed by atoms with Gasteiger partial charge in [-0.05, 0) is 6.42 Å². The molecule has 2 N–H and O–H groups in total. The minimum atomic E-state index is -0.574. The van der Waals surface area contributed by atoms with Gasteiger partial charge in [0.25, 0.3) is 0 Å². The van der Waals surface area contributed by atoms with Crippen molar-refractivity contribution in [3.63, 3.8) is 0 Å². The van der Waals surface area contributed by atoms with Crippen molar-refractivity contribution in [2.45, 2.75) is 18.6 Å². The Balaban J connectivity index is 2.32. The maximum atomic E-state index is 9.83. The predicted octanol–water partition coefficient (Wildman–Crippen LogP) is -1.21. The highest BCUT2D eigenvalue weighted by molar-refractivity contribution is 5.47. The highest BCUT2D eigenvalue weighted by Crippen LogP contribution is 2.05. The smallest absolute Gasteiger partial charge is 0.309 e. The number of rotatable bonds is 2. The van der Waals surface area contributed by atoms with Crippen LogP contribution in [0.25, 0.3) is 0 Å². The van der Waals surface area contributed by atoms with E-state index in [-0.39, 0.29) is 6.04 Å². The molecule has 0 aromatic rings. The zero-order valence-electron chi connectivity index (χ0n) is 5.54. The standard InChI is InChI=1S/C6H10NO3/c8-4-7-5-1-2-10-3-6(5)9/h5-6,9H,1-3H2,(H,7,8). The lowest BCUT2D eigenvalue weighted by Gasteiger charge is -2.26. The summed E-state index contributed by atoms with van der Waals surface area (Å²) in [7, 11) is 0. The molecule has 10 heavy (non-hydrogen) atoms. The second-order valence-corrected chi connectivity index (χ2v) is 2.28. The van der Waals surface area contributed by atoms with Crippen LogP contribution in [0, 0.1) is 0 Å². The molecule has 2 unspecified atom stereocenters. The highest BCUT2D eigenvalue weighted by atomic mass is 16.5. The molecular formula is C6H10NO3. The molecule has 0 bridgehead atoms. The summed E-state index contributed by atoms with van der Waals surface area (Å²) < 4.78 is 4.94. The van der Waals surface area contributed by atoms with Crippen molar-refractivity contribution >= 4 is 6.41 Å². The SMILES string of the molecule is O=[C]NC1CCOCC1O. The number of nitrogens with one attached hydrogen (secondary N) is 1. The maximum Gasteiger partial charge on any atom is 0.309 e. The largest absolute Gasteiger partial charge is 0.389 e. The average molecular weight is 144 g/mol. The maximum absolute atomic E-state index is 9.83. The van der Waals surface area contributed by atoms with Crippen LogP contribution in [0.3, 0.4) is 0 Å². The predicted molar refractivity (Wildman–Crippen MR) is 34.1 cm³/mol. The van der Waals surface area contributed by atoms with Gasteiger partial charge in [-0.25, -0.2) is 0 Å². The van der Waals surface area contributed by atoms with Gasteiger partial charge in [0, 0.05) is 6.61 Å². The summed E-state index contributed by atoms with van der Waals surface area (Å²) in [6.45, 7) is 0.899. The molecule has 57 valence electrons. The summed E-state index contributed by atoms with van der Waals surface area (Å²) in [6.07, 6.45) is 1.64. The molecule has 0 aliphatic carbocycles. The van der Waals surface area contributed by atoms with Gasteiger partial charge in [0.05, 0.1) is 18.8 Å². The number of amides is 1. The molecule has 1 aliphatic heterocycles. The Morgan fingerprint density at radius 3 is 3.10 bits per heavy atom. The minimum Gasteiger partial charge on any atom is -0.389 e. The molecule has 0 saturated carbocycles. The van der Waals surface area contributed by atoms with Gasteiger partial charge in [0.1, 0.15) is 0 Å². The number of aliphatic hydroxyl groups is 1. The van der Waals surface area contributed by atoms with Crippen LogP contribution in [0.15, 0.2) is 0 Å². The van der Waals surface area contributed by atoms with Crippen LogP contribution >= 0.6 is 0 Å². The Morgan fingerprint density at radius 2 is 2.50 bits per heavy atom. The summed E-state index contributed by atoms with van der Waals surface area (Å²) in [5, 5.41) is 11.5. The second kappa shape index (κ2) is 3.53. The van der Waals surface area contributed by atoms with Crippen LogP contribution in [0.2, 0.25) is 0 Å². The van der Waals surface area contributed by atoms with Gasteiger partial charge in [-0.15, -0.1) is 0 Å². The first-order valence-electron chi connectivity index (χ1n) is 3.23. The lowest BCUT2D eigenvalue weighted by atomic mass is 10.1. The molecule has 1 radical (unpaired) electrons. The van der Waals surface area contributed by atoms with E-state index in [1.54, 1.807) is 6.41 Å². The zero-order valence-corrected chi connectivity index (χ0v) is 5.54. The van der Waals surface area contributed by atoms with Crippen molar-refractivity contribution in [2.75, 3.05) is 13.2 Å². The van der Waals surface area contributed by atoms with E-state index in [4.69, 9.17) is 9.84 Å². The summed E-state index contributed by atoms with van der Waals surface area (Å²) >= 11 is 0. The molecule has 1 heterocycles. The van der Waals surface area contributed by atoms with Gasteiger partial charge in [-0.3, -0.25) is 4.79 Å². The molecule has 1 aliphatic rings. The number of hydrogen-bond donors (Lipinski definition) is 2. The van der Waals surface area contributed by atoms with Gasteiger partial charge in [0.2, 0.25) is 0 Å². The highest BCUT2D eigenvalue weighted by Gasteiger charge is 2.22. The number of ether oxygens (including phenoxy) is 1. The van der Waals surface area contributed by atoms with Crippen molar-refractivity contribution < 1.29 is 14.6 Å². The van der Waals surface area contributed by atoms with E-state index >= 15 is 0 Å². The lowest BCUT2D eigenvalue weighted by molar-refractivity contribution is -0.0232. The summed E-state index contributed by atoms with van der Waals surface area (Å²) in [4.78, 5) is 9.83. The molecule has 1 fully saturated rings. The molecule has 1 amide bonds. The van der Waals surface area contributed by atoms with E-state index in [2.05, 4.69) is 5.32 Å². The van der Waals surface area contributed by atoms with Crippen LogP contribution in [-0.2, 0) is 9.53 Å². The van der Waals surface area contributed by atoms with Crippen LogP contribution in [0.5, 0.6) is 0 Å². The Hall–Kier alpha value is -0.610. The fraction of sp³-hybridized carbons (Fsp3) is 0.833. The molecule has 2 atom stereocenters. The third kappa shape index (κ3) is 1.68. The van der Waals surface area contributed by atoms with Crippen molar-refractivity contribution in [3.05, 3.63) is 0 Å². The zero-order chi connectivity index (χ0) is 7.40. The van der Waals surface area contributed by atoms with E-state index in [0.717, 1.165) is 0 Å². The molecule has 4 heteroatoms. The Labute approximate surface area is 59.2 Å². The first-order valence-corrected chi connectivity index (χ1v) is 3.23. The van der Waals surface area contributed by atoms with E-state index in [1.165, 1.54) is 0 Å². The van der Waals surface area contributed by atoms with E-state index in [9.17, 15) is 4.79 Å². The fourth-order valence-electron chi connectivity index (χ4n) is 0.967. The lowest BCUT2D eigenvalue weighted by Crippen LogP contribution is -2.45. The average Bonchev–Trinajstić information content (AvgIpc) is 1.94. The normalized spacial score (nSPS) is 33.3. The Kier molecular flexibility index (Phi) is 2.65. The van der Waals surface area contributed by atoms with Gasteiger partial charge in [-0.2, -0.15) is 0 Å². The van der Waals surface area contributed by atoms with Crippen LogP contribution < -0.4 is 5.32 Å². The van der Waals surface area contributed by atoms with Gasteiger partial charge < -0.3 is 15.2 Å². The molecule has 0 spiro atoms. The van der Waals surface area contributed by atoms with Crippen molar-refractivity contribution in [2.24, 2.45) is 0 Å². The molecule has 0 aromatic carbocycles. The third-order valence-corrected chi connectivity index (χ3v) is 1.57. The first-order chi connectivity index (χ1) is 4.84. The molecular weight excluding hydrogens is 134 g/mol. The minimum absolute atomic E-state index is 0.175. The van der Waals surface area contributed by atoms with Crippen molar-refractivity contribution in [3.8, 4) is 0 Å². The fourth-order valence-corrected chi connectivity index (χ4v) is 0.967. The Bertz CT molecular complexity index is 118. The van der Waals surface area contributed by atoms with Gasteiger partial charge >= 0.3 is 6.41 Å². The quantitative estimate of drug-likeness (QED) is 0.478. The van der Waals surface area contributed by atoms with Crippen LogP contribution in [0.1, 0.15) is 6.42 Å². The number of carbonyl (C=O) groups excluding carboxylic acids is 1. The number of hydrogen-bond acceptors (Lipinski definition) is 3. The monoisotopic (exact) mass is 144 g/mol. The van der Waals surface area contributed by atoms with Crippen molar-refractivity contribution in [1.82, 2.24) is 5.32 Å².